The Bertz CT molecular complexity index is 682. The molecule has 29 heavy (non-hydrogen) atoms. The molecule has 0 aliphatic heterocycles. The molecule has 0 saturated heterocycles. The molecule has 5 aliphatic rings. The molecule has 3 heteroatoms. The van der Waals surface area contributed by atoms with E-state index in [1.165, 1.54) is 57.8 Å². The first-order valence-corrected chi connectivity index (χ1v) is 12.6. The van der Waals surface area contributed by atoms with Crippen molar-refractivity contribution in [3.63, 3.8) is 0 Å². The number of aliphatic hydroxyl groups is 1. The molecular weight excluding hydrogens is 356 g/mol. The van der Waals surface area contributed by atoms with E-state index in [0.29, 0.717) is 46.3 Å². The molecule has 5 rings (SSSR count). The smallest absolute Gasteiger partial charge is 0.0502 e. The van der Waals surface area contributed by atoms with Crippen LogP contribution in [0.1, 0.15) is 85.5 Å². The second-order valence-electron chi connectivity index (χ2n) is 12.8. The first-order chi connectivity index (χ1) is 13.7. The van der Waals surface area contributed by atoms with Crippen molar-refractivity contribution in [2.45, 2.75) is 97.6 Å². The Kier molecular flexibility index (Phi) is 4.46. The molecule has 0 aromatic rings. The zero-order chi connectivity index (χ0) is 20.9. The molecule has 0 heterocycles. The van der Waals surface area contributed by atoms with Gasteiger partial charge in [-0.25, -0.2) is 0 Å². The van der Waals surface area contributed by atoms with Gasteiger partial charge in [0, 0.05) is 17.5 Å². The second-order valence-corrected chi connectivity index (χ2v) is 12.8. The highest BCUT2D eigenvalue weighted by Crippen LogP contribution is 2.88. The molecule has 0 bridgehead atoms. The van der Waals surface area contributed by atoms with Gasteiger partial charge in [-0.3, -0.25) is 0 Å². The average molecular weight is 403 g/mol. The number of hydrogen-bond donors (Lipinski definition) is 3. The standard InChI is InChI=1S/C26H46N2O/c1-17(27-5)18-9-11-24(4)20-8-7-19-22(2,16-29)21(28-6)10-12-25(19)15-26(20,25)14-13-23(18,24)3/h17-21,27-29H,7-16H2,1-6H3/t17-,18+,19+,20+,21-,22-,23+,24-,25+,26-/m0/s1. The van der Waals surface area contributed by atoms with Gasteiger partial charge >= 0.3 is 0 Å². The monoisotopic (exact) mass is 402 g/mol. The summed E-state index contributed by atoms with van der Waals surface area (Å²) < 4.78 is 0. The number of rotatable bonds is 4. The summed E-state index contributed by atoms with van der Waals surface area (Å²) >= 11 is 0. The van der Waals surface area contributed by atoms with E-state index in [9.17, 15) is 5.11 Å². The lowest BCUT2D eigenvalue weighted by atomic mass is 9.41. The maximum absolute atomic E-state index is 10.5. The van der Waals surface area contributed by atoms with Crippen molar-refractivity contribution < 1.29 is 5.11 Å². The molecule has 0 aromatic heterocycles. The largest absolute Gasteiger partial charge is 0.396 e. The van der Waals surface area contributed by atoms with Crippen molar-refractivity contribution in [3.8, 4) is 0 Å². The Morgan fingerprint density at radius 3 is 2.21 bits per heavy atom. The van der Waals surface area contributed by atoms with Gasteiger partial charge in [0.2, 0.25) is 0 Å². The number of fused-ring (bicyclic) bond motifs is 2. The molecule has 166 valence electrons. The van der Waals surface area contributed by atoms with Crippen LogP contribution in [0.3, 0.4) is 0 Å². The third-order valence-electron chi connectivity index (χ3n) is 12.8. The fourth-order valence-electron chi connectivity index (χ4n) is 10.9. The maximum Gasteiger partial charge on any atom is 0.0502 e. The third-order valence-corrected chi connectivity index (χ3v) is 12.8. The minimum absolute atomic E-state index is 0.0575. The normalized spacial score (nSPS) is 59.3. The van der Waals surface area contributed by atoms with Gasteiger partial charge in [-0.2, -0.15) is 0 Å². The zero-order valence-electron chi connectivity index (χ0n) is 19.9. The van der Waals surface area contributed by atoms with Gasteiger partial charge < -0.3 is 15.7 Å². The summed E-state index contributed by atoms with van der Waals surface area (Å²) in [6.45, 7) is 10.6. The maximum atomic E-state index is 10.5. The van der Waals surface area contributed by atoms with Crippen molar-refractivity contribution >= 4 is 0 Å². The van der Waals surface area contributed by atoms with Gasteiger partial charge in [-0.05, 0) is 118 Å². The zero-order valence-corrected chi connectivity index (χ0v) is 19.9. The van der Waals surface area contributed by atoms with E-state index in [4.69, 9.17) is 0 Å². The molecule has 10 atom stereocenters. The molecule has 5 aliphatic carbocycles. The van der Waals surface area contributed by atoms with E-state index in [1.54, 1.807) is 0 Å². The molecule has 5 fully saturated rings. The topological polar surface area (TPSA) is 44.3 Å². The Hall–Kier alpha value is -0.120. The molecular formula is C26H46N2O. The summed E-state index contributed by atoms with van der Waals surface area (Å²) in [5.74, 6) is 2.45. The number of hydrogen-bond acceptors (Lipinski definition) is 3. The fourth-order valence-corrected chi connectivity index (χ4v) is 10.9. The minimum Gasteiger partial charge on any atom is -0.396 e. The van der Waals surface area contributed by atoms with Crippen LogP contribution < -0.4 is 10.6 Å². The van der Waals surface area contributed by atoms with Gasteiger partial charge in [0.25, 0.3) is 0 Å². The third kappa shape index (κ3) is 2.16. The molecule has 0 radical (unpaired) electrons. The van der Waals surface area contributed by atoms with Crippen LogP contribution in [0, 0.1) is 44.8 Å². The summed E-state index contributed by atoms with van der Waals surface area (Å²) in [5.41, 5.74) is 2.19. The lowest BCUT2D eigenvalue weighted by Crippen LogP contribution is -2.61. The van der Waals surface area contributed by atoms with E-state index in [2.05, 4.69) is 52.4 Å². The van der Waals surface area contributed by atoms with Crippen LogP contribution >= 0.6 is 0 Å². The van der Waals surface area contributed by atoms with Gasteiger partial charge in [-0.1, -0.05) is 20.8 Å². The molecule has 2 spiro atoms. The predicted molar refractivity (Wildman–Crippen MR) is 120 cm³/mol. The summed E-state index contributed by atoms with van der Waals surface area (Å²) in [6.07, 6.45) is 12.6. The van der Waals surface area contributed by atoms with E-state index in [-0.39, 0.29) is 5.41 Å². The average Bonchev–Trinajstić information content (AvgIpc) is 3.30. The Labute approximate surface area is 179 Å². The van der Waals surface area contributed by atoms with Crippen LogP contribution in [0.25, 0.3) is 0 Å². The van der Waals surface area contributed by atoms with Crippen molar-refractivity contribution in [2.24, 2.45) is 44.8 Å². The molecule has 0 aromatic carbocycles. The van der Waals surface area contributed by atoms with Crippen LogP contribution in [-0.4, -0.2) is 37.9 Å². The molecule has 5 saturated carbocycles. The van der Waals surface area contributed by atoms with Crippen LogP contribution in [0.2, 0.25) is 0 Å². The van der Waals surface area contributed by atoms with E-state index >= 15 is 0 Å². The van der Waals surface area contributed by atoms with Crippen LogP contribution in [-0.2, 0) is 0 Å². The number of nitrogens with one attached hydrogen (secondary N) is 2. The van der Waals surface area contributed by atoms with Crippen molar-refractivity contribution in [1.29, 1.82) is 0 Å². The van der Waals surface area contributed by atoms with Crippen LogP contribution in [0.4, 0.5) is 0 Å². The summed E-state index contributed by atoms with van der Waals surface area (Å²) in [5, 5.41) is 17.7. The lowest BCUT2D eigenvalue weighted by Gasteiger charge is -2.64. The highest BCUT2D eigenvalue weighted by atomic mass is 16.3. The fraction of sp³-hybridized carbons (Fsp3) is 1.00. The minimum atomic E-state index is 0.0575. The molecule has 0 amide bonds. The predicted octanol–water partition coefficient (Wildman–Crippen LogP) is 4.59. The van der Waals surface area contributed by atoms with Gasteiger partial charge in [0.1, 0.15) is 0 Å². The SMILES string of the molecule is CN[C@@H](C)[C@H]1CC[C@@]2(C)[C@H]3CC[C@@H]4[C@](C)(CO)[C@@H](NC)CC[C@@]45C[C@@]35CC[C@]12C. The Morgan fingerprint density at radius 1 is 0.862 bits per heavy atom. The van der Waals surface area contributed by atoms with Crippen molar-refractivity contribution in [1.82, 2.24) is 10.6 Å². The molecule has 0 unspecified atom stereocenters. The van der Waals surface area contributed by atoms with E-state index in [0.717, 1.165) is 11.8 Å². The Morgan fingerprint density at radius 2 is 1.55 bits per heavy atom. The highest BCUT2D eigenvalue weighted by Gasteiger charge is 2.82. The second kappa shape index (κ2) is 6.23. The van der Waals surface area contributed by atoms with E-state index < -0.39 is 0 Å². The Balaban J connectivity index is 1.50. The van der Waals surface area contributed by atoms with Gasteiger partial charge in [0.15, 0.2) is 0 Å². The quantitative estimate of drug-likeness (QED) is 0.644. The first kappa shape index (κ1) is 20.8. The van der Waals surface area contributed by atoms with Gasteiger partial charge in [-0.15, -0.1) is 0 Å². The number of aliphatic hydroxyl groups excluding tert-OH is 1. The van der Waals surface area contributed by atoms with Gasteiger partial charge in [0.05, 0.1) is 6.61 Å². The highest BCUT2D eigenvalue weighted by molar-refractivity contribution is 5.31. The summed E-state index contributed by atoms with van der Waals surface area (Å²) in [6, 6.07) is 1.11. The first-order valence-electron chi connectivity index (χ1n) is 12.6. The summed E-state index contributed by atoms with van der Waals surface area (Å²) in [4.78, 5) is 0. The van der Waals surface area contributed by atoms with Crippen molar-refractivity contribution in [3.05, 3.63) is 0 Å². The van der Waals surface area contributed by atoms with Crippen molar-refractivity contribution in [2.75, 3.05) is 20.7 Å². The molecule has 3 N–H and O–H groups in total. The van der Waals surface area contributed by atoms with Crippen LogP contribution in [0.5, 0.6) is 0 Å². The lowest BCUT2D eigenvalue weighted by molar-refractivity contribution is -0.152. The van der Waals surface area contributed by atoms with E-state index in [1.807, 2.05) is 0 Å². The molecule has 3 nitrogen and oxygen atoms in total. The van der Waals surface area contributed by atoms with Crippen LogP contribution in [0.15, 0.2) is 0 Å². The summed E-state index contributed by atoms with van der Waals surface area (Å²) in [7, 11) is 4.27.